The smallest absolute Gasteiger partial charge is 0.339 e. The highest BCUT2D eigenvalue weighted by molar-refractivity contribution is 6.32. The van der Waals surface area contributed by atoms with E-state index in [9.17, 15) is 14.9 Å². The minimum atomic E-state index is -0.516. The molecule has 1 atom stereocenters. The number of anilines is 1. The molecule has 1 heterocycles. The molecule has 3 aromatic rings. The van der Waals surface area contributed by atoms with Crippen LogP contribution in [0.1, 0.15) is 50.5 Å². The molecule has 0 saturated carbocycles. The molecule has 0 spiro atoms. The van der Waals surface area contributed by atoms with Crippen molar-refractivity contribution in [2.75, 3.05) is 11.9 Å². The minimum Gasteiger partial charge on any atom is -0.462 e. The highest BCUT2D eigenvalue weighted by atomic mass is 35.5. The van der Waals surface area contributed by atoms with Crippen molar-refractivity contribution in [1.82, 2.24) is 4.98 Å². The Bertz CT molecular complexity index is 1160. The maximum atomic E-state index is 12.6. The molecule has 7 heteroatoms. The van der Waals surface area contributed by atoms with E-state index in [2.05, 4.69) is 16.4 Å². The SMILES string of the molecule is CCOC(=O)c1ccc(C(=O)Nc2ccc(C(C#N)c3ccccc3)c(Cl)c2)nc1C. The molecule has 0 aliphatic carbocycles. The van der Waals surface area contributed by atoms with Crippen LogP contribution in [0.3, 0.4) is 0 Å². The normalized spacial score (nSPS) is 11.3. The van der Waals surface area contributed by atoms with Gasteiger partial charge in [0.25, 0.3) is 5.91 Å². The summed E-state index contributed by atoms with van der Waals surface area (Å²) in [7, 11) is 0. The number of halogens is 1. The van der Waals surface area contributed by atoms with Crippen molar-refractivity contribution in [2.24, 2.45) is 0 Å². The third kappa shape index (κ3) is 5.08. The summed E-state index contributed by atoms with van der Waals surface area (Å²) < 4.78 is 4.97. The second kappa shape index (κ2) is 9.88. The number of amides is 1. The van der Waals surface area contributed by atoms with Crippen molar-refractivity contribution < 1.29 is 14.3 Å². The van der Waals surface area contributed by atoms with Crippen molar-refractivity contribution in [2.45, 2.75) is 19.8 Å². The maximum absolute atomic E-state index is 12.6. The van der Waals surface area contributed by atoms with Crippen LogP contribution < -0.4 is 5.32 Å². The average molecular weight is 434 g/mol. The van der Waals surface area contributed by atoms with Crippen LogP contribution in [0.15, 0.2) is 60.7 Å². The van der Waals surface area contributed by atoms with Gasteiger partial charge in [-0.1, -0.05) is 48.0 Å². The zero-order chi connectivity index (χ0) is 22.4. The standard InChI is InChI=1S/C24H20ClN3O3/c1-3-31-24(30)18-11-12-22(27-15(18)2)23(29)28-17-9-10-19(21(25)13-17)20(14-26)16-7-5-4-6-8-16/h4-13,20H,3H2,1-2H3,(H,28,29). The Labute approximate surface area is 185 Å². The van der Waals surface area contributed by atoms with Crippen LogP contribution in [0.5, 0.6) is 0 Å². The van der Waals surface area contributed by atoms with Gasteiger partial charge in [-0.15, -0.1) is 0 Å². The Hall–Kier alpha value is -3.69. The molecule has 0 radical (unpaired) electrons. The molecule has 1 unspecified atom stereocenters. The van der Waals surface area contributed by atoms with Crippen LogP contribution in [0, 0.1) is 18.3 Å². The number of nitrogens with zero attached hydrogens (tertiary/aromatic N) is 2. The first-order chi connectivity index (χ1) is 14.9. The van der Waals surface area contributed by atoms with E-state index in [1.165, 1.54) is 12.1 Å². The molecule has 0 fully saturated rings. The number of carbonyl (C=O) groups excluding carboxylic acids is 2. The highest BCUT2D eigenvalue weighted by Crippen LogP contribution is 2.31. The van der Waals surface area contributed by atoms with Crippen LogP contribution in [-0.4, -0.2) is 23.5 Å². The van der Waals surface area contributed by atoms with Crippen molar-refractivity contribution in [1.29, 1.82) is 5.26 Å². The lowest BCUT2D eigenvalue weighted by molar-refractivity contribution is 0.0524. The van der Waals surface area contributed by atoms with E-state index in [-0.39, 0.29) is 12.3 Å². The van der Waals surface area contributed by atoms with Crippen molar-refractivity contribution in [3.63, 3.8) is 0 Å². The number of nitrogens with one attached hydrogen (secondary N) is 1. The number of aromatic nitrogens is 1. The number of esters is 1. The van der Waals surface area contributed by atoms with E-state index in [1.54, 1.807) is 32.0 Å². The van der Waals surface area contributed by atoms with Crippen LogP contribution in [0.25, 0.3) is 0 Å². The number of rotatable bonds is 6. The van der Waals surface area contributed by atoms with Crippen LogP contribution in [0.4, 0.5) is 5.69 Å². The van der Waals surface area contributed by atoms with Crippen molar-refractivity contribution in [3.8, 4) is 6.07 Å². The largest absolute Gasteiger partial charge is 0.462 e. The summed E-state index contributed by atoms with van der Waals surface area (Å²) in [5.41, 5.74) is 2.84. The fourth-order valence-corrected chi connectivity index (χ4v) is 3.41. The van der Waals surface area contributed by atoms with Crippen molar-refractivity contribution in [3.05, 3.63) is 93.8 Å². The number of benzene rings is 2. The van der Waals surface area contributed by atoms with Gasteiger partial charge in [-0.2, -0.15) is 5.26 Å². The summed E-state index contributed by atoms with van der Waals surface area (Å²) in [5, 5.41) is 12.7. The first-order valence-electron chi connectivity index (χ1n) is 9.64. The second-order valence-corrected chi connectivity index (χ2v) is 7.12. The third-order valence-electron chi connectivity index (χ3n) is 4.65. The van der Waals surface area contributed by atoms with Gasteiger partial charge in [0.15, 0.2) is 0 Å². The van der Waals surface area contributed by atoms with Gasteiger partial charge in [0, 0.05) is 10.7 Å². The third-order valence-corrected chi connectivity index (χ3v) is 4.97. The quantitative estimate of drug-likeness (QED) is 0.544. The van der Waals surface area contributed by atoms with E-state index < -0.39 is 17.8 Å². The van der Waals surface area contributed by atoms with E-state index in [0.717, 1.165) is 5.56 Å². The van der Waals surface area contributed by atoms with Crippen LogP contribution in [-0.2, 0) is 4.74 Å². The summed E-state index contributed by atoms with van der Waals surface area (Å²) in [6.45, 7) is 3.62. The predicted octanol–water partition coefficient (Wildman–Crippen LogP) is 5.13. The van der Waals surface area contributed by atoms with Crippen LogP contribution >= 0.6 is 11.6 Å². The lowest BCUT2D eigenvalue weighted by atomic mass is 9.92. The summed E-state index contributed by atoms with van der Waals surface area (Å²) in [4.78, 5) is 28.7. The van der Waals surface area contributed by atoms with Gasteiger partial charge in [0.05, 0.1) is 29.9 Å². The average Bonchev–Trinajstić information content (AvgIpc) is 2.76. The van der Waals surface area contributed by atoms with Crippen molar-refractivity contribution >= 4 is 29.2 Å². The molecule has 0 bridgehead atoms. The number of hydrogen-bond acceptors (Lipinski definition) is 5. The highest BCUT2D eigenvalue weighted by Gasteiger charge is 2.18. The first-order valence-corrected chi connectivity index (χ1v) is 10.0. The van der Waals surface area contributed by atoms with Gasteiger partial charge in [0.2, 0.25) is 0 Å². The van der Waals surface area contributed by atoms with E-state index in [0.29, 0.717) is 27.5 Å². The lowest BCUT2D eigenvalue weighted by Crippen LogP contribution is -2.16. The zero-order valence-electron chi connectivity index (χ0n) is 17.1. The molecule has 31 heavy (non-hydrogen) atoms. The number of carbonyl (C=O) groups is 2. The van der Waals surface area contributed by atoms with E-state index in [1.807, 2.05) is 30.3 Å². The fourth-order valence-electron chi connectivity index (χ4n) is 3.12. The molecule has 1 aromatic heterocycles. The summed E-state index contributed by atoms with van der Waals surface area (Å²) >= 11 is 6.42. The predicted molar refractivity (Wildman–Crippen MR) is 118 cm³/mol. The number of aryl methyl sites for hydroxylation is 1. The minimum absolute atomic E-state index is 0.157. The van der Waals surface area contributed by atoms with Crippen LogP contribution in [0.2, 0.25) is 5.02 Å². The molecule has 156 valence electrons. The fraction of sp³-hybridized carbons (Fsp3) is 0.167. The summed E-state index contributed by atoms with van der Waals surface area (Å²) in [6.07, 6.45) is 0. The molecule has 1 amide bonds. The van der Waals surface area contributed by atoms with Gasteiger partial charge in [-0.3, -0.25) is 4.79 Å². The number of nitriles is 1. The van der Waals surface area contributed by atoms with Gasteiger partial charge in [-0.05, 0) is 49.2 Å². The molecular formula is C24H20ClN3O3. The van der Waals surface area contributed by atoms with Gasteiger partial charge in [0.1, 0.15) is 5.69 Å². The molecular weight excluding hydrogens is 414 g/mol. The number of hydrogen-bond donors (Lipinski definition) is 1. The molecule has 2 aromatic carbocycles. The Balaban J connectivity index is 1.78. The topological polar surface area (TPSA) is 92.1 Å². The molecule has 0 saturated heterocycles. The monoisotopic (exact) mass is 433 g/mol. The van der Waals surface area contributed by atoms with E-state index >= 15 is 0 Å². The lowest BCUT2D eigenvalue weighted by Gasteiger charge is -2.14. The Morgan fingerprint density at radius 2 is 1.90 bits per heavy atom. The molecule has 0 aliphatic rings. The van der Waals surface area contributed by atoms with E-state index in [4.69, 9.17) is 16.3 Å². The Kier molecular flexibility index (Phi) is 7.01. The van der Waals surface area contributed by atoms with Gasteiger partial charge < -0.3 is 10.1 Å². The number of ether oxygens (including phenoxy) is 1. The number of pyridine rings is 1. The van der Waals surface area contributed by atoms with Gasteiger partial charge in [-0.25, -0.2) is 9.78 Å². The molecule has 0 aliphatic heterocycles. The Morgan fingerprint density at radius 1 is 1.16 bits per heavy atom. The molecule has 6 nitrogen and oxygen atoms in total. The summed E-state index contributed by atoms with van der Waals surface area (Å²) in [6, 6.07) is 19.6. The second-order valence-electron chi connectivity index (χ2n) is 6.71. The van der Waals surface area contributed by atoms with Gasteiger partial charge >= 0.3 is 5.97 Å². The summed E-state index contributed by atoms with van der Waals surface area (Å²) in [5.74, 6) is -1.44. The zero-order valence-corrected chi connectivity index (χ0v) is 17.8. The molecule has 3 rings (SSSR count). The maximum Gasteiger partial charge on any atom is 0.339 e. The molecule has 1 N–H and O–H groups in total. The first kappa shape index (κ1) is 22.0. The Morgan fingerprint density at radius 3 is 2.52 bits per heavy atom.